The zero-order valence-corrected chi connectivity index (χ0v) is 20.3. The number of piperidine rings is 1. The molecular weight excluding hydrogens is 460 g/mol. The predicted octanol–water partition coefficient (Wildman–Crippen LogP) is 5.02. The van der Waals surface area contributed by atoms with E-state index in [-0.39, 0.29) is 12.0 Å². The lowest BCUT2D eigenvalue weighted by Crippen LogP contribution is -2.36. The van der Waals surface area contributed by atoms with Crippen molar-refractivity contribution < 1.29 is 13.0 Å². The minimum absolute atomic E-state index is 0.0121. The second kappa shape index (κ2) is 8.58. The first-order valence-corrected chi connectivity index (χ1v) is 12.2. The van der Waals surface area contributed by atoms with Crippen molar-refractivity contribution in [3.8, 4) is 11.1 Å². The van der Waals surface area contributed by atoms with Gasteiger partial charge in [-0.2, -0.15) is 0 Å². The summed E-state index contributed by atoms with van der Waals surface area (Å²) in [7, 11) is 3.60. The number of hydrogen-bond acceptors (Lipinski definition) is 6. The van der Waals surface area contributed by atoms with E-state index in [1.807, 2.05) is 44.4 Å². The van der Waals surface area contributed by atoms with Crippen molar-refractivity contribution in [2.24, 2.45) is 12.5 Å². The SMILES string of the molecule is CCOSN(C)Nc1ccc(N2CCC3(CC2)CC3(F)F)c(-c2cn(C)c(=O)c3[nH]ccc23)c1. The number of H-pyrrole nitrogens is 1. The van der Waals surface area contributed by atoms with Gasteiger partial charge >= 0.3 is 0 Å². The molecule has 0 unspecified atom stereocenters. The van der Waals surface area contributed by atoms with Crippen LogP contribution in [0.1, 0.15) is 26.2 Å². The average molecular weight is 490 g/mol. The number of aromatic amines is 1. The number of fused-ring (bicyclic) bond motifs is 1. The molecule has 1 spiro atoms. The second-order valence-electron chi connectivity index (χ2n) is 9.20. The minimum Gasteiger partial charge on any atom is -0.371 e. The molecule has 182 valence electrons. The minimum atomic E-state index is -2.52. The lowest BCUT2D eigenvalue weighted by atomic mass is 9.91. The maximum atomic E-state index is 14.0. The first kappa shape index (κ1) is 23.2. The fraction of sp³-hybridized carbons (Fsp3) is 0.458. The van der Waals surface area contributed by atoms with Crippen LogP contribution in [0.25, 0.3) is 22.0 Å². The molecule has 2 N–H and O–H groups in total. The zero-order chi connectivity index (χ0) is 24.1. The molecule has 34 heavy (non-hydrogen) atoms. The maximum absolute atomic E-state index is 14.0. The van der Waals surface area contributed by atoms with Crippen molar-refractivity contribution in [1.29, 1.82) is 0 Å². The van der Waals surface area contributed by atoms with Crippen molar-refractivity contribution in [3.63, 3.8) is 0 Å². The molecule has 0 amide bonds. The molecule has 1 aliphatic heterocycles. The highest BCUT2D eigenvalue weighted by Gasteiger charge is 2.70. The van der Waals surface area contributed by atoms with E-state index < -0.39 is 11.3 Å². The molecule has 7 nitrogen and oxygen atoms in total. The summed E-state index contributed by atoms with van der Waals surface area (Å²) in [4.78, 5) is 17.9. The molecule has 3 heterocycles. The van der Waals surface area contributed by atoms with Gasteiger partial charge in [-0.3, -0.25) is 4.79 Å². The highest BCUT2D eigenvalue weighted by Crippen LogP contribution is 2.66. The van der Waals surface area contributed by atoms with Gasteiger partial charge < -0.3 is 24.1 Å². The average Bonchev–Trinajstić information content (AvgIpc) is 3.14. The Labute approximate surface area is 201 Å². The fourth-order valence-electron chi connectivity index (χ4n) is 5.01. The van der Waals surface area contributed by atoms with Gasteiger partial charge in [0, 0.05) is 73.6 Å². The normalized spacial score (nSPS) is 18.7. The lowest BCUT2D eigenvalue weighted by Gasteiger charge is -2.35. The van der Waals surface area contributed by atoms with Gasteiger partial charge in [-0.1, -0.05) is 0 Å². The maximum Gasteiger partial charge on any atom is 0.274 e. The monoisotopic (exact) mass is 489 g/mol. The van der Waals surface area contributed by atoms with Crippen molar-refractivity contribution in [2.45, 2.75) is 32.1 Å². The molecule has 2 aliphatic rings. The van der Waals surface area contributed by atoms with E-state index >= 15 is 0 Å². The standard InChI is InChI=1S/C24H29F2N5O2S/c1-4-33-34-30(3)28-16-5-6-20(31-11-8-23(9-12-31)15-24(23,25)26)18(13-16)19-14-29(2)22(32)21-17(19)7-10-27-21/h5-7,10,13-14,27-28H,4,8-9,11-12,15H2,1-3H3. The molecule has 2 fully saturated rings. The summed E-state index contributed by atoms with van der Waals surface area (Å²) in [5.74, 6) is -2.52. The van der Waals surface area contributed by atoms with E-state index in [0.29, 0.717) is 38.1 Å². The van der Waals surface area contributed by atoms with Gasteiger partial charge in [-0.15, -0.1) is 4.41 Å². The number of benzene rings is 1. The number of aromatic nitrogens is 2. The highest BCUT2D eigenvalue weighted by molar-refractivity contribution is 7.92. The molecule has 5 rings (SSSR count). The van der Waals surface area contributed by atoms with Gasteiger partial charge in [0.15, 0.2) is 0 Å². The van der Waals surface area contributed by atoms with Crippen LogP contribution in [0.4, 0.5) is 20.2 Å². The number of alkyl halides is 2. The Morgan fingerprint density at radius 1 is 1.24 bits per heavy atom. The number of hydrazine groups is 1. The lowest BCUT2D eigenvalue weighted by molar-refractivity contribution is 0.0537. The number of hydrogen-bond donors (Lipinski definition) is 2. The van der Waals surface area contributed by atoms with E-state index in [4.69, 9.17) is 4.18 Å². The molecule has 0 radical (unpaired) electrons. The van der Waals surface area contributed by atoms with Gasteiger partial charge in [-0.05, 0) is 44.0 Å². The molecule has 10 heteroatoms. The van der Waals surface area contributed by atoms with Crippen LogP contribution in [0.15, 0.2) is 41.5 Å². The molecule has 1 aliphatic carbocycles. The Kier molecular flexibility index (Phi) is 5.86. The Hall–Kier alpha value is -2.56. The Morgan fingerprint density at radius 2 is 1.97 bits per heavy atom. The first-order chi connectivity index (χ1) is 16.2. The second-order valence-corrected chi connectivity index (χ2v) is 10.1. The predicted molar refractivity (Wildman–Crippen MR) is 133 cm³/mol. The largest absolute Gasteiger partial charge is 0.371 e. The summed E-state index contributed by atoms with van der Waals surface area (Å²) in [6, 6.07) is 7.96. The van der Waals surface area contributed by atoms with Crippen LogP contribution < -0.4 is 15.9 Å². The van der Waals surface area contributed by atoms with Crippen LogP contribution in [0.3, 0.4) is 0 Å². The number of rotatable bonds is 7. The Morgan fingerprint density at radius 3 is 2.65 bits per heavy atom. The summed E-state index contributed by atoms with van der Waals surface area (Å²) < 4.78 is 36.6. The number of nitrogens with one attached hydrogen (secondary N) is 2. The van der Waals surface area contributed by atoms with Crippen LogP contribution >= 0.6 is 12.2 Å². The summed E-state index contributed by atoms with van der Waals surface area (Å²) in [6.45, 7) is 3.67. The Bertz CT molecular complexity index is 1270. The third-order valence-electron chi connectivity index (χ3n) is 7.02. The van der Waals surface area contributed by atoms with Crippen molar-refractivity contribution in [2.75, 3.05) is 37.1 Å². The van der Waals surface area contributed by atoms with Gasteiger partial charge in [0.2, 0.25) is 0 Å². The molecule has 1 saturated carbocycles. The molecular formula is C24H29F2N5O2S. The third kappa shape index (κ3) is 3.97. The highest BCUT2D eigenvalue weighted by atomic mass is 32.2. The summed E-state index contributed by atoms with van der Waals surface area (Å²) in [5.41, 5.74) is 6.62. The third-order valence-corrected chi connectivity index (χ3v) is 7.68. The molecule has 0 atom stereocenters. The number of halogens is 2. The Balaban J connectivity index is 1.54. The smallest absolute Gasteiger partial charge is 0.274 e. The van der Waals surface area contributed by atoms with E-state index in [1.54, 1.807) is 22.2 Å². The van der Waals surface area contributed by atoms with Gasteiger partial charge in [0.05, 0.1) is 12.3 Å². The van der Waals surface area contributed by atoms with Gasteiger partial charge in [0.1, 0.15) is 17.7 Å². The molecule has 1 aromatic carbocycles. The van der Waals surface area contributed by atoms with E-state index in [0.717, 1.165) is 27.9 Å². The van der Waals surface area contributed by atoms with Gasteiger partial charge in [-0.25, -0.2) is 8.78 Å². The number of pyridine rings is 1. The molecule has 2 aromatic heterocycles. The first-order valence-electron chi connectivity index (χ1n) is 11.5. The zero-order valence-electron chi connectivity index (χ0n) is 19.5. The van der Waals surface area contributed by atoms with Crippen LogP contribution in [0.5, 0.6) is 0 Å². The van der Waals surface area contributed by atoms with E-state index in [2.05, 4.69) is 15.3 Å². The molecule has 3 aromatic rings. The van der Waals surface area contributed by atoms with Crippen molar-refractivity contribution >= 4 is 34.5 Å². The van der Waals surface area contributed by atoms with Crippen LogP contribution in [0.2, 0.25) is 0 Å². The van der Waals surface area contributed by atoms with Crippen LogP contribution in [-0.2, 0) is 11.2 Å². The number of anilines is 2. The summed E-state index contributed by atoms with van der Waals surface area (Å²) >= 11 is 1.21. The molecule has 0 bridgehead atoms. The van der Waals surface area contributed by atoms with Crippen molar-refractivity contribution in [3.05, 3.63) is 47.0 Å². The van der Waals surface area contributed by atoms with Gasteiger partial charge in [0.25, 0.3) is 11.5 Å². The van der Waals surface area contributed by atoms with Crippen molar-refractivity contribution in [1.82, 2.24) is 14.0 Å². The topological polar surface area (TPSA) is 65.5 Å². The number of aryl methyl sites for hydroxylation is 1. The van der Waals surface area contributed by atoms with Crippen LogP contribution in [-0.4, -0.2) is 46.6 Å². The van der Waals surface area contributed by atoms with Crippen LogP contribution in [0, 0.1) is 5.41 Å². The summed E-state index contributed by atoms with van der Waals surface area (Å²) in [6.07, 6.45) is 4.60. The summed E-state index contributed by atoms with van der Waals surface area (Å²) in [5, 5.41) is 0.834. The quantitative estimate of drug-likeness (QED) is 0.276. The van der Waals surface area contributed by atoms with E-state index in [1.165, 1.54) is 12.2 Å². The number of nitrogens with zero attached hydrogens (tertiary/aromatic N) is 3. The van der Waals surface area contributed by atoms with E-state index in [9.17, 15) is 13.6 Å². The molecule has 1 saturated heterocycles. The fourth-order valence-corrected chi connectivity index (χ4v) is 5.42.